The molecule has 1 aromatic rings. The fraction of sp³-hybridized carbons (Fsp3) is 0.588. The van der Waals surface area contributed by atoms with Crippen molar-refractivity contribution in [3.63, 3.8) is 0 Å². The molecule has 1 unspecified atom stereocenters. The third-order valence-corrected chi connectivity index (χ3v) is 7.12. The molecule has 0 radical (unpaired) electrons. The highest BCUT2D eigenvalue weighted by Crippen LogP contribution is 2.29. The van der Waals surface area contributed by atoms with Gasteiger partial charge in [0.1, 0.15) is 5.75 Å². The Morgan fingerprint density at radius 2 is 1.68 bits per heavy atom. The van der Waals surface area contributed by atoms with Gasteiger partial charge in [-0.2, -0.15) is 4.31 Å². The van der Waals surface area contributed by atoms with Gasteiger partial charge in [-0.3, -0.25) is 9.69 Å². The number of halogens is 3. The number of piperidine rings is 1. The van der Waals surface area contributed by atoms with Crippen LogP contribution in [0.1, 0.15) is 25.7 Å². The number of nitrogens with two attached hydrogens (primary N) is 1. The molecule has 28 heavy (non-hydrogen) atoms. The van der Waals surface area contributed by atoms with Crippen molar-refractivity contribution in [2.45, 2.75) is 49.0 Å². The zero-order valence-electron chi connectivity index (χ0n) is 15.1. The lowest BCUT2D eigenvalue weighted by Crippen LogP contribution is -2.51. The Morgan fingerprint density at radius 3 is 2.21 bits per heavy atom. The summed E-state index contributed by atoms with van der Waals surface area (Å²) in [6.07, 6.45) is -2.09. The van der Waals surface area contributed by atoms with Crippen LogP contribution in [0.25, 0.3) is 0 Å². The second kappa shape index (κ2) is 7.88. The molecule has 1 aromatic carbocycles. The third-order valence-electron chi connectivity index (χ3n) is 5.21. The van der Waals surface area contributed by atoms with Gasteiger partial charge in [0.15, 0.2) is 0 Å². The number of alkyl halides is 3. The maximum Gasteiger partial charge on any atom is 0.573 e. The van der Waals surface area contributed by atoms with Gasteiger partial charge in [0.25, 0.3) is 0 Å². The van der Waals surface area contributed by atoms with Crippen molar-refractivity contribution >= 4 is 15.9 Å². The number of hydrogen-bond acceptors (Lipinski definition) is 5. The van der Waals surface area contributed by atoms with E-state index in [-0.39, 0.29) is 36.0 Å². The zero-order chi connectivity index (χ0) is 20.5. The lowest BCUT2D eigenvalue weighted by atomic mass is 10.0. The summed E-state index contributed by atoms with van der Waals surface area (Å²) in [6, 6.07) is 3.96. The molecule has 11 heteroatoms. The van der Waals surface area contributed by atoms with E-state index in [0.29, 0.717) is 12.8 Å². The minimum absolute atomic E-state index is 0.0864. The molecule has 2 aliphatic heterocycles. The van der Waals surface area contributed by atoms with E-state index in [1.54, 1.807) is 0 Å². The summed E-state index contributed by atoms with van der Waals surface area (Å²) in [4.78, 5) is 13.5. The minimum Gasteiger partial charge on any atom is -0.406 e. The average Bonchev–Trinajstić information content (AvgIpc) is 3.11. The second-order valence-electron chi connectivity index (χ2n) is 6.95. The molecule has 0 aliphatic carbocycles. The molecule has 0 bridgehead atoms. The van der Waals surface area contributed by atoms with E-state index in [1.807, 2.05) is 0 Å². The predicted octanol–water partition coefficient (Wildman–Crippen LogP) is 1.69. The average molecular weight is 421 g/mol. The van der Waals surface area contributed by atoms with Gasteiger partial charge in [-0.15, -0.1) is 13.2 Å². The lowest BCUT2D eigenvalue weighted by Gasteiger charge is -2.38. The number of carbonyl (C=O) groups excluding carboxylic acids is 1. The SMILES string of the molecule is NC(=O)C1CCCN1C1CCN(S(=O)(=O)c2ccc(OC(F)(F)F)cc2)CC1. The highest BCUT2D eigenvalue weighted by Gasteiger charge is 2.38. The van der Waals surface area contributed by atoms with Crippen LogP contribution in [0.15, 0.2) is 29.2 Å². The number of amides is 1. The van der Waals surface area contributed by atoms with Crippen LogP contribution in [-0.4, -0.2) is 61.6 Å². The van der Waals surface area contributed by atoms with Gasteiger partial charge in [-0.25, -0.2) is 8.42 Å². The van der Waals surface area contributed by atoms with Crippen LogP contribution in [-0.2, 0) is 14.8 Å². The number of nitrogens with zero attached hydrogens (tertiary/aromatic N) is 2. The Labute approximate surface area is 161 Å². The van der Waals surface area contributed by atoms with Crippen molar-refractivity contribution in [3.8, 4) is 5.75 Å². The monoisotopic (exact) mass is 421 g/mol. The van der Waals surface area contributed by atoms with Crippen molar-refractivity contribution in [3.05, 3.63) is 24.3 Å². The number of ether oxygens (including phenoxy) is 1. The molecule has 156 valence electrons. The van der Waals surface area contributed by atoms with Gasteiger partial charge in [-0.05, 0) is 56.5 Å². The van der Waals surface area contributed by atoms with E-state index in [9.17, 15) is 26.4 Å². The molecule has 2 aliphatic rings. The van der Waals surface area contributed by atoms with Gasteiger partial charge in [0.2, 0.25) is 15.9 Å². The number of hydrogen-bond donors (Lipinski definition) is 1. The highest BCUT2D eigenvalue weighted by atomic mass is 32.2. The molecule has 3 rings (SSSR count). The Kier molecular flexibility index (Phi) is 5.87. The van der Waals surface area contributed by atoms with Gasteiger partial charge < -0.3 is 10.5 Å². The molecule has 2 saturated heterocycles. The van der Waals surface area contributed by atoms with E-state index in [1.165, 1.54) is 4.31 Å². The third kappa shape index (κ3) is 4.58. The van der Waals surface area contributed by atoms with Crippen LogP contribution in [0.5, 0.6) is 5.75 Å². The molecule has 2 N–H and O–H groups in total. The summed E-state index contributed by atoms with van der Waals surface area (Å²) < 4.78 is 67.3. The fourth-order valence-corrected chi connectivity index (χ4v) is 5.38. The molecular formula is C17H22F3N3O4S. The van der Waals surface area contributed by atoms with Crippen LogP contribution in [0, 0.1) is 0 Å². The zero-order valence-corrected chi connectivity index (χ0v) is 15.9. The first kappa shape index (κ1) is 20.9. The van der Waals surface area contributed by atoms with E-state index >= 15 is 0 Å². The molecule has 0 aromatic heterocycles. The van der Waals surface area contributed by atoms with Crippen LogP contribution in [0.2, 0.25) is 0 Å². The number of carbonyl (C=O) groups is 1. The fourth-order valence-electron chi connectivity index (χ4n) is 3.91. The quantitative estimate of drug-likeness (QED) is 0.781. The molecular weight excluding hydrogens is 399 g/mol. The van der Waals surface area contributed by atoms with E-state index in [2.05, 4.69) is 9.64 Å². The number of rotatable bonds is 5. The smallest absolute Gasteiger partial charge is 0.406 e. The summed E-state index contributed by atoms with van der Waals surface area (Å²) in [7, 11) is -3.81. The van der Waals surface area contributed by atoms with Crippen LogP contribution < -0.4 is 10.5 Å². The highest BCUT2D eigenvalue weighted by molar-refractivity contribution is 7.89. The number of primary amides is 1. The molecule has 1 atom stereocenters. The number of likely N-dealkylation sites (tertiary alicyclic amines) is 1. The predicted molar refractivity (Wildman–Crippen MR) is 93.8 cm³/mol. The Hall–Kier alpha value is -1.85. The van der Waals surface area contributed by atoms with Crippen LogP contribution in [0.3, 0.4) is 0 Å². The van der Waals surface area contributed by atoms with E-state index in [0.717, 1.165) is 43.7 Å². The minimum atomic E-state index is -4.83. The Bertz CT molecular complexity index is 806. The van der Waals surface area contributed by atoms with Crippen LogP contribution in [0.4, 0.5) is 13.2 Å². The van der Waals surface area contributed by atoms with Gasteiger partial charge in [0.05, 0.1) is 10.9 Å². The summed E-state index contributed by atoms with van der Waals surface area (Å²) in [6.45, 7) is 1.32. The molecule has 0 saturated carbocycles. The first-order chi connectivity index (χ1) is 13.1. The van der Waals surface area contributed by atoms with Gasteiger partial charge in [0, 0.05) is 19.1 Å². The molecule has 0 spiro atoms. The maximum absolute atomic E-state index is 12.8. The van der Waals surface area contributed by atoms with Crippen molar-refractivity contribution in [2.75, 3.05) is 19.6 Å². The topological polar surface area (TPSA) is 92.9 Å². The first-order valence-corrected chi connectivity index (χ1v) is 10.4. The Balaban J connectivity index is 1.64. The number of benzene rings is 1. The van der Waals surface area contributed by atoms with Crippen molar-refractivity contribution in [1.82, 2.24) is 9.21 Å². The van der Waals surface area contributed by atoms with E-state index < -0.39 is 22.1 Å². The summed E-state index contributed by atoms with van der Waals surface area (Å²) >= 11 is 0. The molecule has 7 nitrogen and oxygen atoms in total. The molecule has 1 amide bonds. The van der Waals surface area contributed by atoms with Gasteiger partial charge in [-0.1, -0.05) is 0 Å². The van der Waals surface area contributed by atoms with E-state index in [4.69, 9.17) is 5.73 Å². The maximum atomic E-state index is 12.8. The second-order valence-corrected chi connectivity index (χ2v) is 8.89. The molecule has 2 heterocycles. The summed E-state index contributed by atoms with van der Waals surface area (Å²) in [5.74, 6) is -0.828. The largest absolute Gasteiger partial charge is 0.573 e. The standard InChI is InChI=1S/C17H22F3N3O4S/c18-17(19,20)27-13-3-5-14(6-4-13)28(25,26)22-10-7-12(8-11-22)23-9-1-2-15(23)16(21)24/h3-6,12,15H,1-2,7-11H2,(H2,21,24). The van der Waals surface area contributed by atoms with Crippen molar-refractivity contribution in [2.24, 2.45) is 5.73 Å². The number of sulfonamides is 1. The normalized spacial score (nSPS) is 23.0. The molecule has 2 fully saturated rings. The van der Waals surface area contributed by atoms with Gasteiger partial charge >= 0.3 is 6.36 Å². The lowest BCUT2D eigenvalue weighted by molar-refractivity contribution is -0.274. The Morgan fingerprint density at radius 1 is 1.07 bits per heavy atom. The van der Waals surface area contributed by atoms with Crippen LogP contribution >= 0.6 is 0 Å². The first-order valence-electron chi connectivity index (χ1n) is 8.99. The summed E-state index contributed by atoms with van der Waals surface area (Å²) in [5.41, 5.74) is 5.45. The van der Waals surface area contributed by atoms with Crippen molar-refractivity contribution < 1.29 is 31.1 Å². The van der Waals surface area contributed by atoms with Crippen molar-refractivity contribution in [1.29, 1.82) is 0 Å². The summed E-state index contributed by atoms with van der Waals surface area (Å²) in [5, 5.41) is 0.